The van der Waals surface area contributed by atoms with Crippen molar-refractivity contribution in [3.63, 3.8) is 0 Å². The van der Waals surface area contributed by atoms with Crippen molar-refractivity contribution in [2.45, 2.75) is 5.41 Å². The Morgan fingerprint density at radius 2 is 1.18 bits per heavy atom. The predicted molar refractivity (Wildman–Crippen MR) is 209 cm³/mol. The Balaban J connectivity index is 1.27. The average molecular weight is 656 g/mol. The fraction of sp³-hybridized carbons (Fsp3) is 0.0213. The number of fused-ring (bicyclic) bond motifs is 14. The molecular formula is C47H29NOS. The highest BCUT2D eigenvalue weighted by Gasteiger charge is 2.52. The van der Waals surface area contributed by atoms with Gasteiger partial charge < -0.3 is 9.64 Å². The number of nitrogens with zero attached hydrogens (tertiary/aromatic N) is 1. The molecule has 1 aromatic heterocycles. The summed E-state index contributed by atoms with van der Waals surface area (Å²) in [5, 5.41) is 4.98. The zero-order valence-electron chi connectivity index (χ0n) is 27.0. The van der Waals surface area contributed by atoms with Crippen LogP contribution in [0, 0.1) is 0 Å². The van der Waals surface area contributed by atoms with Crippen LogP contribution < -0.4 is 9.64 Å². The average Bonchev–Trinajstić information content (AvgIpc) is 3.70. The Hall–Kier alpha value is -6.16. The van der Waals surface area contributed by atoms with E-state index in [9.17, 15) is 0 Å². The standard InChI is InChI=1S/C47H29NOS/c1-2-14-31(15-3-1)48(40-21-12-24-44-45(40)36-18-7-11-23-43(36)50-44)32-26-27-35-34-17-6-8-19-37(34)47(39(35)29-32)38-20-9-10-22-41(38)49-42-28-25-30-13-4-5-16-33(30)46(42)47/h1-29H. The Morgan fingerprint density at radius 1 is 0.460 bits per heavy atom. The summed E-state index contributed by atoms with van der Waals surface area (Å²) in [7, 11) is 0. The third kappa shape index (κ3) is 3.67. The number of thiophene rings is 1. The molecule has 1 spiro atoms. The summed E-state index contributed by atoms with van der Waals surface area (Å²) in [6, 6.07) is 64.2. The number of hydrogen-bond donors (Lipinski definition) is 0. The van der Waals surface area contributed by atoms with E-state index in [1.807, 2.05) is 11.3 Å². The molecule has 0 fully saturated rings. The lowest BCUT2D eigenvalue weighted by atomic mass is 9.65. The molecule has 50 heavy (non-hydrogen) atoms. The summed E-state index contributed by atoms with van der Waals surface area (Å²) >= 11 is 1.86. The molecule has 0 saturated carbocycles. The van der Waals surface area contributed by atoms with Crippen LogP contribution in [-0.4, -0.2) is 0 Å². The topological polar surface area (TPSA) is 12.5 Å². The maximum absolute atomic E-state index is 6.79. The zero-order chi connectivity index (χ0) is 32.8. The van der Waals surface area contributed by atoms with E-state index >= 15 is 0 Å². The summed E-state index contributed by atoms with van der Waals surface area (Å²) < 4.78 is 9.37. The van der Waals surface area contributed by atoms with Crippen LogP contribution >= 0.6 is 11.3 Å². The minimum atomic E-state index is -0.587. The van der Waals surface area contributed by atoms with Gasteiger partial charge in [0, 0.05) is 42.7 Å². The molecule has 0 amide bonds. The smallest absolute Gasteiger partial charge is 0.132 e. The molecule has 1 aliphatic heterocycles. The number of ether oxygens (including phenoxy) is 1. The van der Waals surface area contributed by atoms with Crippen molar-refractivity contribution in [1.29, 1.82) is 0 Å². The van der Waals surface area contributed by atoms with Gasteiger partial charge in [0.05, 0.1) is 11.1 Å². The van der Waals surface area contributed by atoms with Gasteiger partial charge in [-0.15, -0.1) is 11.3 Å². The van der Waals surface area contributed by atoms with E-state index in [2.05, 4.69) is 181 Å². The molecule has 2 aliphatic rings. The van der Waals surface area contributed by atoms with E-state index in [1.165, 1.54) is 70.0 Å². The Kier molecular flexibility index (Phi) is 5.78. The van der Waals surface area contributed by atoms with Gasteiger partial charge in [-0.25, -0.2) is 0 Å². The Bertz CT molecular complexity index is 2820. The van der Waals surface area contributed by atoms with Crippen LogP contribution in [0.1, 0.15) is 22.3 Å². The van der Waals surface area contributed by atoms with Crippen LogP contribution in [0.5, 0.6) is 11.5 Å². The number of para-hydroxylation sites is 2. The fourth-order valence-electron chi connectivity index (χ4n) is 8.75. The van der Waals surface area contributed by atoms with Crippen molar-refractivity contribution in [2.24, 2.45) is 0 Å². The maximum Gasteiger partial charge on any atom is 0.132 e. The zero-order valence-corrected chi connectivity index (χ0v) is 27.8. The minimum absolute atomic E-state index is 0.587. The van der Waals surface area contributed by atoms with Gasteiger partial charge in [0.2, 0.25) is 0 Å². The molecule has 234 valence electrons. The van der Waals surface area contributed by atoms with E-state index in [-0.39, 0.29) is 0 Å². The van der Waals surface area contributed by atoms with Crippen molar-refractivity contribution in [3.05, 3.63) is 198 Å². The summed E-state index contributed by atoms with van der Waals surface area (Å²) in [5.41, 5.74) is 10.3. The van der Waals surface area contributed by atoms with Crippen molar-refractivity contribution in [2.75, 3.05) is 4.90 Å². The summed E-state index contributed by atoms with van der Waals surface area (Å²) in [5.74, 6) is 1.81. The molecule has 8 aromatic carbocycles. The Labute approximate surface area is 294 Å². The lowest BCUT2D eigenvalue weighted by Crippen LogP contribution is -2.32. The van der Waals surface area contributed by atoms with Crippen LogP contribution in [0.25, 0.3) is 42.1 Å². The van der Waals surface area contributed by atoms with Crippen LogP contribution in [0.3, 0.4) is 0 Å². The van der Waals surface area contributed by atoms with E-state index in [4.69, 9.17) is 4.74 Å². The SMILES string of the molecule is c1ccc(N(c2ccc3c(c2)C2(c4ccccc4Oc4ccc5ccccc5c42)c2ccccc2-3)c2cccc3sc4ccccc4c23)cc1. The quantitative estimate of drug-likeness (QED) is 0.188. The van der Waals surface area contributed by atoms with Gasteiger partial charge in [-0.2, -0.15) is 0 Å². The fourth-order valence-corrected chi connectivity index (χ4v) is 9.88. The second-order valence-corrected chi connectivity index (χ2v) is 14.3. The molecule has 1 atom stereocenters. The van der Waals surface area contributed by atoms with Gasteiger partial charge in [0.15, 0.2) is 0 Å². The van der Waals surface area contributed by atoms with Gasteiger partial charge in [0.25, 0.3) is 0 Å². The molecule has 2 nitrogen and oxygen atoms in total. The first-order valence-electron chi connectivity index (χ1n) is 17.1. The van der Waals surface area contributed by atoms with E-state index in [1.54, 1.807) is 0 Å². The third-order valence-electron chi connectivity index (χ3n) is 10.7. The van der Waals surface area contributed by atoms with Crippen molar-refractivity contribution >= 4 is 59.3 Å². The van der Waals surface area contributed by atoms with Gasteiger partial charge in [-0.05, 0) is 87.6 Å². The Morgan fingerprint density at radius 3 is 2.10 bits per heavy atom. The number of hydrogen-bond acceptors (Lipinski definition) is 3. The third-order valence-corrected chi connectivity index (χ3v) is 11.8. The molecule has 1 aliphatic carbocycles. The first kappa shape index (κ1) is 27.8. The first-order chi connectivity index (χ1) is 24.8. The van der Waals surface area contributed by atoms with Crippen LogP contribution in [0.4, 0.5) is 17.1 Å². The molecule has 2 heterocycles. The monoisotopic (exact) mass is 655 g/mol. The number of benzene rings is 8. The van der Waals surface area contributed by atoms with E-state index in [0.717, 1.165) is 22.9 Å². The second kappa shape index (κ2) is 10.4. The summed E-state index contributed by atoms with van der Waals surface area (Å²) in [4.78, 5) is 2.45. The van der Waals surface area contributed by atoms with Crippen molar-refractivity contribution in [3.8, 4) is 22.6 Å². The number of rotatable bonds is 3. The molecule has 0 bridgehead atoms. The van der Waals surface area contributed by atoms with Crippen LogP contribution in [0.15, 0.2) is 176 Å². The maximum atomic E-state index is 6.79. The lowest BCUT2D eigenvalue weighted by molar-refractivity contribution is 0.438. The highest BCUT2D eigenvalue weighted by molar-refractivity contribution is 7.26. The predicted octanol–water partition coefficient (Wildman–Crippen LogP) is 13.1. The summed E-state index contributed by atoms with van der Waals surface area (Å²) in [6.07, 6.45) is 0. The lowest BCUT2D eigenvalue weighted by Gasteiger charge is -2.40. The van der Waals surface area contributed by atoms with Crippen LogP contribution in [0.2, 0.25) is 0 Å². The summed E-state index contributed by atoms with van der Waals surface area (Å²) in [6.45, 7) is 0. The first-order valence-corrected chi connectivity index (χ1v) is 17.9. The normalized spacial score (nSPS) is 15.4. The molecule has 9 aromatic rings. The van der Waals surface area contributed by atoms with Gasteiger partial charge in [-0.3, -0.25) is 0 Å². The molecule has 11 rings (SSSR count). The molecule has 0 radical (unpaired) electrons. The number of anilines is 3. The van der Waals surface area contributed by atoms with Crippen LogP contribution in [-0.2, 0) is 5.41 Å². The van der Waals surface area contributed by atoms with Crippen molar-refractivity contribution < 1.29 is 4.74 Å². The van der Waals surface area contributed by atoms with Gasteiger partial charge >= 0.3 is 0 Å². The van der Waals surface area contributed by atoms with Crippen molar-refractivity contribution in [1.82, 2.24) is 0 Å². The largest absolute Gasteiger partial charge is 0.457 e. The minimum Gasteiger partial charge on any atom is -0.457 e. The molecule has 0 saturated heterocycles. The molecule has 3 heteroatoms. The molecule has 0 N–H and O–H groups in total. The second-order valence-electron chi connectivity index (χ2n) is 13.2. The van der Waals surface area contributed by atoms with Gasteiger partial charge in [0.1, 0.15) is 11.5 Å². The highest BCUT2D eigenvalue weighted by Crippen LogP contribution is 2.64. The highest BCUT2D eigenvalue weighted by atomic mass is 32.1. The molecule has 1 unspecified atom stereocenters. The van der Waals surface area contributed by atoms with E-state index < -0.39 is 5.41 Å². The molecular weight excluding hydrogens is 627 g/mol. The van der Waals surface area contributed by atoms with E-state index in [0.29, 0.717) is 0 Å². The van der Waals surface area contributed by atoms with Gasteiger partial charge in [-0.1, -0.05) is 121 Å².